The van der Waals surface area contributed by atoms with Crippen LogP contribution >= 0.6 is 0 Å². The van der Waals surface area contributed by atoms with Crippen molar-refractivity contribution in [3.8, 4) is 28.3 Å². The van der Waals surface area contributed by atoms with E-state index in [9.17, 15) is 4.79 Å². The molecular formula is C20H19N5O2. The largest absolute Gasteiger partial charge is 0.480 e. The van der Waals surface area contributed by atoms with Gasteiger partial charge in [-0.15, -0.1) is 5.10 Å². The van der Waals surface area contributed by atoms with E-state index in [2.05, 4.69) is 15.2 Å². The monoisotopic (exact) mass is 361 g/mol. The molecule has 0 spiro atoms. The Bertz CT molecular complexity index is 1140. The highest BCUT2D eigenvalue weighted by Gasteiger charge is 2.15. The number of carbonyl (C=O) groups is 1. The highest BCUT2D eigenvalue weighted by Crippen LogP contribution is 2.30. The van der Waals surface area contributed by atoms with Gasteiger partial charge in [0.1, 0.15) is 5.78 Å². The number of hydrogen-bond donors (Lipinski definition) is 0. The number of rotatable bonds is 5. The first-order chi connectivity index (χ1) is 13.0. The Morgan fingerprint density at radius 3 is 2.74 bits per heavy atom. The van der Waals surface area contributed by atoms with Crippen molar-refractivity contribution < 1.29 is 9.53 Å². The molecule has 7 heteroatoms. The van der Waals surface area contributed by atoms with Crippen molar-refractivity contribution in [2.45, 2.75) is 13.3 Å². The third-order valence-electron chi connectivity index (χ3n) is 4.34. The van der Waals surface area contributed by atoms with Crippen LogP contribution in [0.5, 0.6) is 5.88 Å². The Balaban J connectivity index is 1.83. The Morgan fingerprint density at radius 1 is 1.19 bits per heavy atom. The molecule has 0 radical (unpaired) electrons. The lowest BCUT2D eigenvalue weighted by Crippen LogP contribution is -2.01. The second kappa shape index (κ2) is 6.68. The fourth-order valence-electron chi connectivity index (χ4n) is 3.14. The number of fused-ring (bicyclic) bond motifs is 1. The van der Waals surface area contributed by atoms with E-state index >= 15 is 0 Å². The predicted molar refractivity (Wildman–Crippen MR) is 102 cm³/mol. The molecule has 0 fully saturated rings. The quantitative estimate of drug-likeness (QED) is 0.546. The summed E-state index contributed by atoms with van der Waals surface area (Å²) < 4.78 is 9.00. The molecule has 136 valence electrons. The number of carbonyl (C=O) groups excluding carboxylic acids is 1. The van der Waals surface area contributed by atoms with Crippen LogP contribution in [0.2, 0.25) is 0 Å². The van der Waals surface area contributed by atoms with E-state index in [-0.39, 0.29) is 5.78 Å². The van der Waals surface area contributed by atoms with Gasteiger partial charge in [-0.3, -0.25) is 9.48 Å². The third kappa shape index (κ3) is 3.19. The summed E-state index contributed by atoms with van der Waals surface area (Å²) in [5.74, 6) is 0.626. The zero-order valence-corrected chi connectivity index (χ0v) is 15.4. The van der Waals surface area contributed by atoms with Gasteiger partial charge in [-0.2, -0.15) is 5.10 Å². The molecule has 0 bridgehead atoms. The average Bonchev–Trinajstić information content (AvgIpc) is 3.26. The second-order valence-electron chi connectivity index (χ2n) is 6.46. The van der Waals surface area contributed by atoms with Crippen molar-refractivity contribution in [3.05, 3.63) is 54.5 Å². The highest BCUT2D eigenvalue weighted by molar-refractivity contribution is 5.79. The second-order valence-corrected chi connectivity index (χ2v) is 6.46. The molecule has 0 atom stereocenters. The van der Waals surface area contributed by atoms with E-state index in [1.807, 2.05) is 43.6 Å². The Morgan fingerprint density at radius 2 is 2.04 bits per heavy atom. The fourth-order valence-corrected chi connectivity index (χ4v) is 3.14. The van der Waals surface area contributed by atoms with Crippen LogP contribution < -0.4 is 4.74 Å². The summed E-state index contributed by atoms with van der Waals surface area (Å²) in [5.41, 5.74) is 5.21. The molecule has 0 saturated heterocycles. The molecule has 3 heterocycles. The summed E-state index contributed by atoms with van der Waals surface area (Å²) in [7, 11) is 3.46. The maximum atomic E-state index is 11.4. The van der Waals surface area contributed by atoms with Gasteiger partial charge >= 0.3 is 0 Å². The number of aromatic nitrogens is 5. The minimum absolute atomic E-state index is 0.131. The van der Waals surface area contributed by atoms with Gasteiger partial charge in [0.2, 0.25) is 5.88 Å². The molecule has 0 unspecified atom stereocenters. The van der Waals surface area contributed by atoms with E-state index in [1.54, 1.807) is 35.6 Å². The molecule has 4 aromatic rings. The van der Waals surface area contributed by atoms with Crippen LogP contribution in [-0.2, 0) is 18.3 Å². The fraction of sp³-hybridized carbons (Fsp3) is 0.200. The van der Waals surface area contributed by atoms with Gasteiger partial charge in [-0.05, 0) is 24.6 Å². The maximum Gasteiger partial charge on any atom is 0.239 e. The number of nitrogens with zero attached hydrogens (tertiary/aromatic N) is 5. The molecule has 1 aromatic carbocycles. The Kier molecular flexibility index (Phi) is 4.19. The predicted octanol–water partition coefficient (Wildman–Crippen LogP) is 2.94. The minimum atomic E-state index is 0.131. The summed E-state index contributed by atoms with van der Waals surface area (Å²) in [6, 6.07) is 9.80. The van der Waals surface area contributed by atoms with Crippen molar-refractivity contribution in [2.75, 3.05) is 7.11 Å². The molecular weight excluding hydrogens is 342 g/mol. The summed E-state index contributed by atoms with van der Waals surface area (Å²) in [5, 5.41) is 8.85. The molecule has 0 aliphatic heterocycles. The van der Waals surface area contributed by atoms with E-state index in [4.69, 9.17) is 4.74 Å². The number of hydrogen-bond acceptors (Lipinski definition) is 5. The summed E-state index contributed by atoms with van der Waals surface area (Å²) in [6.45, 7) is 1.59. The van der Waals surface area contributed by atoms with Crippen LogP contribution in [0.4, 0.5) is 0 Å². The van der Waals surface area contributed by atoms with E-state index < -0.39 is 0 Å². The number of methoxy groups -OCH3 is 1. The van der Waals surface area contributed by atoms with Crippen LogP contribution in [0.15, 0.2) is 48.9 Å². The smallest absolute Gasteiger partial charge is 0.239 e. The van der Waals surface area contributed by atoms with Crippen molar-refractivity contribution in [1.82, 2.24) is 24.4 Å². The zero-order chi connectivity index (χ0) is 19.0. The lowest BCUT2D eigenvalue weighted by molar-refractivity contribution is -0.116. The molecule has 4 rings (SSSR count). The van der Waals surface area contributed by atoms with Gasteiger partial charge in [-0.1, -0.05) is 18.2 Å². The minimum Gasteiger partial charge on any atom is -0.480 e. The molecule has 7 nitrogen and oxygen atoms in total. The number of Topliss-reactive ketones (excluding diaryl/α,β-unsaturated/α-hetero) is 1. The van der Waals surface area contributed by atoms with Gasteiger partial charge in [0, 0.05) is 30.8 Å². The van der Waals surface area contributed by atoms with Gasteiger partial charge in [0.25, 0.3) is 0 Å². The Labute approximate surface area is 156 Å². The van der Waals surface area contributed by atoms with Crippen molar-refractivity contribution >= 4 is 11.4 Å². The first-order valence-electron chi connectivity index (χ1n) is 8.55. The first-order valence-corrected chi connectivity index (χ1v) is 8.55. The van der Waals surface area contributed by atoms with Crippen LogP contribution in [0.3, 0.4) is 0 Å². The van der Waals surface area contributed by atoms with Gasteiger partial charge in [-0.25, -0.2) is 9.50 Å². The maximum absolute atomic E-state index is 11.4. The lowest BCUT2D eigenvalue weighted by atomic mass is 10.0. The third-order valence-corrected chi connectivity index (χ3v) is 4.34. The van der Waals surface area contributed by atoms with E-state index in [1.165, 1.54) is 0 Å². The lowest BCUT2D eigenvalue weighted by Gasteiger charge is -2.08. The van der Waals surface area contributed by atoms with Crippen molar-refractivity contribution in [2.24, 2.45) is 7.05 Å². The Hall–Kier alpha value is -3.48. The van der Waals surface area contributed by atoms with E-state index in [0.29, 0.717) is 17.9 Å². The molecule has 0 saturated carbocycles. The molecule has 0 aliphatic carbocycles. The standard InChI is InChI=1S/C20H19N5O2/c1-13(26)7-14-5-4-6-15(8-14)18-11-21-19-9-17(16-10-22-24(2)12-16)20(27-3)23-25(18)19/h4-6,8-12H,7H2,1-3H3. The molecule has 0 amide bonds. The first kappa shape index (κ1) is 17.0. The number of ether oxygens (including phenoxy) is 1. The number of ketones is 1. The summed E-state index contributed by atoms with van der Waals surface area (Å²) in [4.78, 5) is 15.9. The highest BCUT2D eigenvalue weighted by atomic mass is 16.5. The summed E-state index contributed by atoms with van der Waals surface area (Å²) >= 11 is 0. The van der Waals surface area contributed by atoms with Crippen LogP contribution in [0, 0.1) is 0 Å². The molecule has 3 aromatic heterocycles. The normalized spacial score (nSPS) is 11.1. The van der Waals surface area contributed by atoms with Crippen LogP contribution in [-0.4, -0.2) is 37.3 Å². The zero-order valence-electron chi connectivity index (χ0n) is 15.4. The van der Waals surface area contributed by atoms with Crippen LogP contribution in [0.25, 0.3) is 28.0 Å². The number of benzene rings is 1. The molecule has 0 N–H and O–H groups in total. The topological polar surface area (TPSA) is 74.3 Å². The van der Waals surface area contributed by atoms with Crippen molar-refractivity contribution in [3.63, 3.8) is 0 Å². The SMILES string of the molecule is COc1nn2c(-c3cccc(CC(C)=O)c3)cnc2cc1-c1cnn(C)c1. The molecule has 27 heavy (non-hydrogen) atoms. The molecule has 0 aliphatic rings. The van der Waals surface area contributed by atoms with Gasteiger partial charge in [0.05, 0.1) is 30.8 Å². The van der Waals surface area contributed by atoms with E-state index in [0.717, 1.165) is 27.9 Å². The number of aryl methyl sites for hydroxylation is 1. The van der Waals surface area contributed by atoms with Crippen molar-refractivity contribution in [1.29, 1.82) is 0 Å². The summed E-state index contributed by atoms with van der Waals surface area (Å²) in [6.07, 6.45) is 5.87. The van der Waals surface area contributed by atoms with Gasteiger partial charge < -0.3 is 4.74 Å². The van der Waals surface area contributed by atoms with Crippen LogP contribution in [0.1, 0.15) is 12.5 Å². The van der Waals surface area contributed by atoms with Gasteiger partial charge in [0.15, 0.2) is 5.65 Å². The average molecular weight is 361 g/mol. The number of imidazole rings is 1.